The topological polar surface area (TPSA) is 75.7 Å². The van der Waals surface area contributed by atoms with E-state index in [4.69, 9.17) is 4.74 Å². The van der Waals surface area contributed by atoms with Crippen molar-refractivity contribution in [1.29, 1.82) is 0 Å². The van der Waals surface area contributed by atoms with Gasteiger partial charge in [0.05, 0.1) is 0 Å². The molecule has 0 saturated carbocycles. The first kappa shape index (κ1) is 15.2. The van der Waals surface area contributed by atoms with Crippen LogP contribution in [0.15, 0.2) is 0 Å². The van der Waals surface area contributed by atoms with Gasteiger partial charge in [-0.3, -0.25) is 4.90 Å². The fourth-order valence-corrected chi connectivity index (χ4v) is 2.36. The van der Waals surface area contributed by atoms with E-state index < -0.39 is 22.4 Å². The first-order valence-corrected chi connectivity index (χ1v) is 7.56. The van der Waals surface area contributed by atoms with Gasteiger partial charge in [-0.2, -0.15) is 0 Å². The molecule has 1 fully saturated rings. The lowest BCUT2D eigenvalue weighted by molar-refractivity contribution is 0.00753. The van der Waals surface area contributed by atoms with E-state index in [9.17, 15) is 13.2 Å². The molecule has 0 aromatic carbocycles. The van der Waals surface area contributed by atoms with Crippen molar-refractivity contribution in [2.24, 2.45) is 0 Å². The maximum atomic E-state index is 11.4. The van der Waals surface area contributed by atoms with Gasteiger partial charge < -0.3 is 10.1 Å². The van der Waals surface area contributed by atoms with E-state index in [0.29, 0.717) is 6.54 Å². The maximum Gasteiger partial charge on any atom is 0.408 e. The number of carbonyl (C=O) groups excluding carboxylic acids is 1. The number of carbonyl (C=O) groups is 1. The molecule has 7 heteroatoms. The van der Waals surface area contributed by atoms with Crippen LogP contribution in [0.2, 0.25) is 0 Å². The molecular formula is C11H22N2O4S. The summed E-state index contributed by atoms with van der Waals surface area (Å²) in [6, 6.07) is 0. The van der Waals surface area contributed by atoms with Crippen LogP contribution in [0.5, 0.6) is 0 Å². The third kappa shape index (κ3) is 6.20. The Morgan fingerprint density at radius 3 is 2.44 bits per heavy atom. The van der Waals surface area contributed by atoms with Crippen LogP contribution in [0, 0.1) is 0 Å². The molecule has 1 amide bonds. The lowest BCUT2D eigenvalue weighted by Crippen LogP contribution is -2.45. The monoisotopic (exact) mass is 278 g/mol. The largest absolute Gasteiger partial charge is 0.442 e. The van der Waals surface area contributed by atoms with Gasteiger partial charge in [0.25, 0.3) is 0 Å². The molecule has 1 rings (SSSR count). The average Bonchev–Trinajstić information content (AvgIpc) is 2.26. The molecule has 18 heavy (non-hydrogen) atoms. The second-order valence-electron chi connectivity index (χ2n) is 5.15. The Morgan fingerprint density at radius 1 is 1.28 bits per heavy atom. The Kier molecular flexibility index (Phi) is 5.87. The Labute approximate surface area is 110 Å². The highest BCUT2D eigenvalue weighted by atomic mass is 32.2. The highest BCUT2D eigenvalue weighted by Crippen LogP contribution is 2.16. The molecule has 1 aliphatic rings. The minimum absolute atomic E-state index is 0.381. The van der Waals surface area contributed by atoms with E-state index in [1.807, 2.05) is 13.8 Å². The average molecular weight is 278 g/mol. The SMILES string of the molecule is CC(C)(CN1CCCCC1)OC(=O)NC[SH](=O)=O. The van der Waals surface area contributed by atoms with Gasteiger partial charge in [-0.05, 0) is 39.8 Å². The second-order valence-corrected chi connectivity index (χ2v) is 6.14. The normalized spacial score (nSPS) is 17.7. The Bertz CT molecular complexity index is 341. The molecule has 0 aromatic heterocycles. The van der Waals surface area contributed by atoms with Crippen molar-refractivity contribution in [3.05, 3.63) is 0 Å². The maximum absolute atomic E-state index is 11.4. The Hall–Kier alpha value is -0.820. The smallest absolute Gasteiger partial charge is 0.408 e. The fraction of sp³-hybridized carbons (Fsp3) is 0.909. The van der Waals surface area contributed by atoms with E-state index >= 15 is 0 Å². The molecule has 0 atom stereocenters. The minimum atomic E-state index is -2.61. The lowest BCUT2D eigenvalue weighted by Gasteiger charge is -2.34. The predicted octanol–water partition coefficient (Wildman–Crippen LogP) is 0.546. The zero-order chi connectivity index (χ0) is 13.6. The highest BCUT2D eigenvalue weighted by molar-refractivity contribution is 7.72. The quantitative estimate of drug-likeness (QED) is 0.718. The van der Waals surface area contributed by atoms with Gasteiger partial charge in [-0.15, -0.1) is 0 Å². The van der Waals surface area contributed by atoms with Crippen LogP contribution >= 0.6 is 0 Å². The molecule has 0 bridgehead atoms. The molecule has 0 spiro atoms. The number of hydrogen-bond acceptors (Lipinski definition) is 5. The molecule has 1 N–H and O–H groups in total. The first-order valence-electron chi connectivity index (χ1n) is 6.20. The van der Waals surface area contributed by atoms with E-state index in [0.717, 1.165) is 13.1 Å². The first-order chi connectivity index (χ1) is 8.39. The number of rotatable bonds is 5. The minimum Gasteiger partial charge on any atom is -0.442 e. The van der Waals surface area contributed by atoms with Gasteiger partial charge in [-0.1, -0.05) is 6.42 Å². The number of nitrogens with zero attached hydrogens (tertiary/aromatic N) is 1. The number of ether oxygens (including phenoxy) is 1. The van der Waals surface area contributed by atoms with Crippen molar-refractivity contribution in [3.8, 4) is 0 Å². The van der Waals surface area contributed by atoms with E-state index in [1.165, 1.54) is 19.3 Å². The molecule has 0 aliphatic carbocycles. The fourth-order valence-electron chi connectivity index (χ4n) is 2.10. The zero-order valence-corrected chi connectivity index (χ0v) is 11.9. The van der Waals surface area contributed by atoms with Gasteiger partial charge in [0.1, 0.15) is 11.5 Å². The van der Waals surface area contributed by atoms with Gasteiger partial charge in [0.2, 0.25) is 0 Å². The van der Waals surface area contributed by atoms with Crippen LogP contribution < -0.4 is 5.32 Å². The molecule has 1 aliphatic heterocycles. The van der Waals surface area contributed by atoms with Crippen LogP contribution in [-0.4, -0.2) is 50.5 Å². The van der Waals surface area contributed by atoms with Crippen LogP contribution in [-0.2, 0) is 15.4 Å². The molecule has 1 saturated heterocycles. The summed E-state index contributed by atoms with van der Waals surface area (Å²) in [4.78, 5) is 13.7. The summed E-state index contributed by atoms with van der Waals surface area (Å²) in [6.07, 6.45) is 2.93. The molecule has 0 radical (unpaired) electrons. The number of thiol groups is 1. The summed E-state index contributed by atoms with van der Waals surface area (Å²) in [5.74, 6) is -0.381. The number of likely N-dealkylation sites (tertiary alicyclic amines) is 1. The summed E-state index contributed by atoms with van der Waals surface area (Å²) in [5.41, 5.74) is -0.615. The summed E-state index contributed by atoms with van der Waals surface area (Å²) in [6.45, 7) is 6.39. The van der Waals surface area contributed by atoms with E-state index in [-0.39, 0.29) is 5.88 Å². The Morgan fingerprint density at radius 2 is 1.89 bits per heavy atom. The van der Waals surface area contributed by atoms with Crippen molar-refractivity contribution >= 4 is 16.8 Å². The van der Waals surface area contributed by atoms with Gasteiger partial charge in [-0.25, -0.2) is 13.2 Å². The van der Waals surface area contributed by atoms with Gasteiger partial charge >= 0.3 is 6.09 Å². The summed E-state index contributed by atoms with van der Waals surface area (Å²) < 4.78 is 25.9. The molecule has 106 valence electrons. The molecule has 0 aromatic rings. The van der Waals surface area contributed by atoms with Crippen molar-refractivity contribution in [1.82, 2.24) is 10.2 Å². The number of alkyl carbamates (subject to hydrolysis) is 1. The highest BCUT2D eigenvalue weighted by Gasteiger charge is 2.26. The Balaban J connectivity index is 2.35. The summed E-state index contributed by atoms with van der Waals surface area (Å²) >= 11 is 0. The van der Waals surface area contributed by atoms with Crippen molar-refractivity contribution in [3.63, 3.8) is 0 Å². The summed E-state index contributed by atoms with van der Waals surface area (Å²) in [7, 11) is -2.61. The standard InChI is InChI=1S/C11H22N2O4S/c1-11(2,8-13-6-4-3-5-7-13)17-10(14)12-9-18(15)16/h18H,3-9H2,1-2H3,(H,12,14). The van der Waals surface area contributed by atoms with Crippen LogP contribution in [0.3, 0.4) is 0 Å². The number of nitrogens with one attached hydrogen (secondary N) is 1. The van der Waals surface area contributed by atoms with Gasteiger partial charge in [0, 0.05) is 6.54 Å². The van der Waals surface area contributed by atoms with E-state index in [2.05, 4.69) is 10.2 Å². The molecule has 6 nitrogen and oxygen atoms in total. The van der Waals surface area contributed by atoms with Crippen molar-refractivity contribution in [2.75, 3.05) is 25.5 Å². The predicted molar refractivity (Wildman–Crippen MR) is 69.2 cm³/mol. The van der Waals surface area contributed by atoms with Crippen LogP contribution in [0.25, 0.3) is 0 Å². The third-order valence-electron chi connectivity index (χ3n) is 2.77. The zero-order valence-electron chi connectivity index (χ0n) is 11.0. The lowest BCUT2D eigenvalue weighted by atomic mass is 10.1. The molecular weight excluding hydrogens is 256 g/mol. The second kappa shape index (κ2) is 6.94. The molecule has 0 unspecified atom stereocenters. The van der Waals surface area contributed by atoms with Crippen molar-refractivity contribution in [2.45, 2.75) is 38.7 Å². The van der Waals surface area contributed by atoms with Crippen LogP contribution in [0.1, 0.15) is 33.1 Å². The van der Waals surface area contributed by atoms with Crippen molar-refractivity contribution < 1.29 is 17.9 Å². The molecule has 1 heterocycles. The van der Waals surface area contributed by atoms with Gasteiger partial charge in [0.15, 0.2) is 10.7 Å². The number of hydrogen-bond donors (Lipinski definition) is 2. The summed E-state index contributed by atoms with van der Waals surface area (Å²) in [5, 5.41) is 2.20. The third-order valence-corrected chi connectivity index (χ3v) is 3.19. The number of amides is 1. The van der Waals surface area contributed by atoms with Crippen LogP contribution in [0.4, 0.5) is 4.79 Å². The number of piperidine rings is 1. The van der Waals surface area contributed by atoms with E-state index in [1.54, 1.807) is 0 Å².